The van der Waals surface area contributed by atoms with E-state index in [0.29, 0.717) is 11.6 Å². The van der Waals surface area contributed by atoms with Gasteiger partial charge in [0, 0.05) is 0 Å². The SMILES string of the molecule is C=C(/C=C(\C)N=C=O)[C@@H](C)C/C1=C/CCCC(C)CC1. The van der Waals surface area contributed by atoms with Crippen LogP contribution in [0, 0.1) is 11.8 Å². The van der Waals surface area contributed by atoms with Gasteiger partial charge in [-0.3, -0.25) is 0 Å². The maximum atomic E-state index is 10.2. The Hall–Kier alpha value is -1.40. The van der Waals surface area contributed by atoms with Crippen LogP contribution in [0.4, 0.5) is 0 Å². The average Bonchev–Trinajstić information content (AvgIpc) is 2.38. The first-order valence-corrected chi connectivity index (χ1v) is 7.65. The van der Waals surface area contributed by atoms with Gasteiger partial charge in [-0.05, 0) is 56.9 Å². The zero-order valence-electron chi connectivity index (χ0n) is 13.1. The fourth-order valence-electron chi connectivity index (χ4n) is 2.68. The zero-order chi connectivity index (χ0) is 15.0. The normalized spacial score (nSPS) is 24.6. The smallest absolute Gasteiger partial charge is 0.211 e. The highest BCUT2D eigenvalue weighted by Gasteiger charge is 2.12. The van der Waals surface area contributed by atoms with Gasteiger partial charge in [0.1, 0.15) is 0 Å². The third-order valence-corrected chi connectivity index (χ3v) is 4.11. The molecule has 0 bridgehead atoms. The van der Waals surface area contributed by atoms with Crippen molar-refractivity contribution in [2.75, 3.05) is 0 Å². The van der Waals surface area contributed by atoms with Gasteiger partial charge in [0.2, 0.25) is 6.08 Å². The first-order valence-electron chi connectivity index (χ1n) is 7.65. The molecule has 20 heavy (non-hydrogen) atoms. The van der Waals surface area contributed by atoms with E-state index >= 15 is 0 Å². The summed E-state index contributed by atoms with van der Waals surface area (Å²) >= 11 is 0. The molecule has 0 aromatic rings. The van der Waals surface area contributed by atoms with Crippen LogP contribution in [-0.2, 0) is 4.79 Å². The van der Waals surface area contributed by atoms with E-state index in [9.17, 15) is 4.79 Å². The predicted molar refractivity (Wildman–Crippen MR) is 85.1 cm³/mol. The molecule has 0 heterocycles. The van der Waals surface area contributed by atoms with Crippen molar-refractivity contribution < 1.29 is 4.79 Å². The van der Waals surface area contributed by atoms with Gasteiger partial charge >= 0.3 is 0 Å². The number of nitrogens with zero attached hydrogens (tertiary/aromatic N) is 1. The molecule has 0 saturated heterocycles. The fourth-order valence-corrected chi connectivity index (χ4v) is 2.68. The molecule has 1 unspecified atom stereocenters. The van der Waals surface area contributed by atoms with E-state index in [2.05, 4.69) is 31.5 Å². The second-order valence-electron chi connectivity index (χ2n) is 6.11. The zero-order valence-corrected chi connectivity index (χ0v) is 13.1. The summed E-state index contributed by atoms with van der Waals surface area (Å²) < 4.78 is 0. The molecule has 0 N–H and O–H groups in total. The third kappa shape index (κ3) is 6.16. The molecule has 0 aromatic heterocycles. The van der Waals surface area contributed by atoms with Crippen molar-refractivity contribution in [1.82, 2.24) is 0 Å². The Balaban J connectivity index is 2.60. The Morgan fingerprint density at radius 3 is 3.05 bits per heavy atom. The van der Waals surface area contributed by atoms with Crippen LogP contribution in [0.2, 0.25) is 0 Å². The van der Waals surface area contributed by atoms with Crippen LogP contribution in [0.3, 0.4) is 0 Å². The summed E-state index contributed by atoms with van der Waals surface area (Å²) in [6.45, 7) is 10.5. The van der Waals surface area contributed by atoms with Crippen molar-refractivity contribution in [1.29, 1.82) is 0 Å². The summed E-state index contributed by atoms with van der Waals surface area (Å²) in [4.78, 5) is 13.8. The molecule has 0 spiro atoms. The first-order chi connectivity index (χ1) is 9.52. The lowest BCUT2D eigenvalue weighted by Crippen LogP contribution is -2.04. The highest BCUT2D eigenvalue weighted by molar-refractivity contribution is 5.38. The molecular weight excluding hydrogens is 246 g/mol. The molecule has 1 aliphatic rings. The number of carbonyl (C=O) groups excluding carboxylic acids is 1. The highest BCUT2D eigenvalue weighted by atomic mass is 16.1. The summed E-state index contributed by atoms with van der Waals surface area (Å²) in [7, 11) is 0. The maximum absolute atomic E-state index is 10.2. The van der Waals surface area contributed by atoms with Crippen molar-refractivity contribution >= 4 is 6.08 Å². The van der Waals surface area contributed by atoms with E-state index in [1.54, 1.807) is 18.6 Å². The van der Waals surface area contributed by atoms with E-state index in [-0.39, 0.29) is 0 Å². The molecule has 0 aromatic carbocycles. The maximum Gasteiger partial charge on any atom is 0.240 e. The van der Waals surface area contributed by atoms with E-state index in [0.717, 1.165) is 17.9 Å². The Morgan fingerprint density at radius 1 is 1.60 bits per heavy atom. The second kappa shape index (κ2) is 8.71. The van der Waals surface area contributed by atoms with Crippen molar-refractivity contribution in [2.24, 2.45) is 16.8 Å². The first kappa shape index (κ1) is 16.7. The van der Waals surface area contributed by atoms with Crippen LogP contribution < -0.4 is 0 Å². The van der Waals surface area contributed by atoms with Crippen molar-refractivity contribution in [2.45, 2.75) is 59.3 Å². The number of hydrogen-bond donors (Lipinski definition) is 0. The van der Waals surface area contributed by atoms with E-state index in [4.69, 9.17) is 0 Å². The number of hydrogen-bond acceptors (Lipinski definition) is 2. The van der Waals surface area contributed by atoms with Crippen LogP contribution >= 0.6 is 0 Å². The minimum absolute atomic E-state index is 0.396. The van der Waals surface area contributed by atoms with Crippen LogP contribution in [0.1, 0.15) is 59.3 Å². The van der Waals surface area contributed by atoms with Gasteiger partial charge in [0.25, 0.3) is 0 Å². The molecule has 2 heteroatoms. The number of allylic oxidation sites excluding steroid dienone is 5. The number of isocyanates is 1. The Kier molecular flexibility index (Phi) is 7.25. The molecule has 1 rings (SSSR count). The molecule has 1 aliphatic carbocycles. The standard InChI is InChI=1S/C18H27NO/c1-14-7-5-6-8-18(10-9-14)12-16(3)15(2)11-17(4)19-13-20/h8,11,14,16H,2,5-7,9-10,12H2,1,3-4H3/b17-11+,18-8+/t14?,16-/m0/s1. The quantitative estimate of drug-likeness (QED) is 0.288. The second-order valence-corrected chi connectivity index (χ2v) is 6.11. The summed E-state index contributed by atoms with van der Waals surface area (Å²) in [5.41, 5.74) is 3.28. The minimum atomic E-state index is 0.396. The van der Waals surface area contributed by atoms with Gasteiger partial charge in [-0.15, -0.1) is 0 Å². The van der Waals surface area contributed by atoms with Crippen LogP contribution in [0.5, 0.6) is 0 Å². The summed E-state index contributed by atoms with van der Waals surface area (Å²) in [6.07, 6.45) is 13.4. The highest BCUT2D eigenvalue weighted by Crippen LogP contribution is 2.28. The predicted octanol–water partition coefficient (Wildman–Crippen LogP) is 5.34. The van der Waals surface area contributed by atoms with Gasteiger partial charge < -0.3 is 0 Å². The molecule has 110 valence electrons. The Labute approximate surface area is 123 Å². The fraction of sp³-hybridized carbons (Fsp3) is 0.611. The monoisotopic (exact) mass is 273 g/mol. The van der Waals surface area contributed by atoms with Crippen LogP contribution in [0.15, 0.2) is 40.6 Å². The molecule has 2 nitrogen and oxygen atoms in total. The molecule has 0 saturated carbocycles. The molecule has 0 radical (unpaired) electrons. The van der Waals surface area contributed by atoms with Gasteiger partial charge in [0.15, 0.2) is 0 Å². The van der Waals surface area contributed by atoms with Crippen molar-refractivity contribution in [3.8, 4) is 0 Å². The third-order valence-electron chi connectivity index (χ3n) is 4.11. The van der Waals surface area contributed by atoms with Gasteiger partial charge in [-0.25, -0.2) is 4.79 Å². The lowest BCUT2D eigenvalue weighted by atomic mass is 9.86. The van der Waals surface area contributed by atoms with Crippen molar-refractivity contribution in [3.05, 3.63) is 35.6 Å². The van der Waals surface area contributed by atoms with E-state index < -0.39 is 0 Å². The lowest BCUT2D eigenvalue weighted by molar-refractivity contribution is 0.458. The number of aliphatic imine (C=N–C) groups is 1. The molecule has 0 aliphatic heterocycles. The van der Waals surface area contributed by atoms with Crippen LogP contribution in [-0.4, -0.2) is 6.08 Å². The summed E-state index contributed by atoms with van der Waals surface area (Å²) in [5.74, 6) is 1.24. The molecule has 2 atom stereocenters. The summed E-state index contributed by atoms with van der Waals surface area (Å²) in [6, 6.07) is 0. The van der Waals surface area contributed by atoms with Gasteiger partial charge in [-0.2, -0.15) is 4.99 Å². The van der Waals surface area contributed by atoms with Gasteiger partial charge in [0.05, 0.1) is 5.70 Å². The average molecular weight is 273 g/mol. The summed E-state index contributed by atoms with van der Waals surface area (Å²) in [5, 5.41) is 0. The topological polar surface area (TPSA) is 29.4 Å². The van der Waals surface area contributed by atoms with E-state index in [1.165, 1.54) is 32.1 Å². The minimum Gasteiger partial charge on any atom is -0.211 e. The lowest BCUT2D eigenvalue weighted by Gasteiger charge is -2.19. The van der Waals surface area contributed by atoms with Crippen LogP contribution in [0.25, 0.3) is 0 Å². The Morgan fingerprint density at radius 2 is 2.35 bits per heavy atom. The number of rotatable bonds is 5. The Bertz CT molecular complexity index is 438. The largest absolute Gasteiger partial charge is 0.240 e. The van der Waals surface area contributed by atoms with Gasteiger partial charge in [-0.1, -0.05) is 44.1 Å². The molecule has 0 amide bonds. The molecular formula is C18H27NO. The molecule has 0 fully saturated rings. The van der Waals surface area contributed by atoms with Crippen molar-refractivity contribution in [3.63, 3.8) is 0 Å². The van der Waals surface area contributed by atoms with E-state index in [1.807, 2.05) is 6.08 Å².